The van der Waals surface area contributed by atoms with Crippen molar-refractivity contribution in [2.75, 3.05) is 19.7 Å². The van der Waals surface area contributed by atoms with Crippen molar-refractivity contribution >= 4 is 17.6 Å². The molecule has 4 nitrogen and oxygen atoms in total. The quantitative estimate of drug-likeness (QED) is 0.421. The molecule has 0 fully saturated rings. The Hall–Kier alpha value is -2.82. The maximum Gasteiger partial charge on any atom is 0.303 e. The summed E-state index contributed by atoms with van der Waals surface area (Å²) in [6.07, 6.45) is 2.65. The Labute approximate surface area is 194 Å². The Kier molecular flexibility index (Phi) is 7.46. The number of carboxylic acid groups (broad SMARTS) is 1. The maximum absolute atomic E-state index is 10.7. The van der Waals surface area contributed by atoms with Gasteiger partial charge in [0.05, 0.1) is 12.6 Å². The number of benzene rings is 3. The van der Waals surface area contributed by atoms with Crippen LogP contribution in [0.1, 0.15) is 41.1 Å². The number of hydrogen-bond acceptors (Lipinski definition) is 3. The third kappa shape index (κ3) is 5.70. The molecule has 1 unspecified atom stereocenters. The molecular weight excluding hydrogens is 422 g/mol. The highest BCUT2D eigenvalue weighted by Gasteiger charge is 2.28. The SMILES string of the molecule is O=C(O)CCc1ccc(OCCCN2CCc3ccccc3C2c2cccc(Cl)c2)cc1. The monoisotopic (exact) mass is 449 g/mol. The Morgan fingerprint density at radius 1 is 1.06 bits per heavy atom. The number of hydrogen-bond donors (Lipinski definition) is 1. The molecular formula is C27H28ClNO3. The number of carboxylic acids is 1. The number of aliphatic carboxylic acids is 1. The van der Waals surface area contributed by atoms with Gasteiger partial charge in [-0.2, -0.15) is 0 Å². The van der Waals surface area contributed by atoms with E-state index in [2.05, 4.69) is 41.3 Å². The summed E-state index contributed by atoms with van der Waals surface area (Å²) >= 11 is 6.31. The van der Waals surface area contributed by atoms with Crippen LogP contribution in [0.15, 0.2) is 72.8 Å². The van der Waals surface area contributed by atoms with Gasteiger partial charge in [0.25, 0.3) is 0 Å². The molecule has 0 radical (unpaired) electrons. The normalized spacial score (nSPS) is 15.8. The first-order chi connectivity index (χ1) is 15.6. The highest BCUT2D eigenvalue weighted by Crippen LogP contribution is 2.36. The van der Waals surface area contributed by atoms with Crippen molar-refractivity contribution in [1.82, 2.24) is 4.90 Å². The average molecular weight is 450 g/mol. The van der Waals surface area contributed by atoms with Crippen molar-refractivity contribution in [3.05, 3.63) is 100 Å². The molecule has 0 bridgehead atoms. The lowest BCUT2D eigenvalue weighted by Gasteiger charge is -2.38. The highest BCUT2D eigenvalue weighted by atomic mass is 35.5. The van der Waals surface area contributed by atoms with Crippen LogP contribution in [0.25, 0.3) is 0 Å². The molecule has 5 heteroatoms. The second kappa shape index (κ2) is 10.7. The lowest BCUT2D eigenvalue weighted by Crippen LogP contribution is -2.37. The molecule has 4 rings (SSSR count). The first kappa shape index (κ1) is 22.4. The molecule has 0 amide bonds. The topological polar surface area (TPSA) is 49.8 Å². The molecule has 3 aromatic carbocycles. The van der Waals surface area contributed by atoms with E-state index >= 15 is 0 Å². The Morgan fingerprint density at radius 2 is 1.88 bits per heavy atom. The van der Waals surface area contributed by atoms with Crippen molar-refractivity contribution in [3.63, 3.8) is 0 Å². The molecule has 1 aliphatic heterocycles. The standard InChI is InChI=1S/C27H28ClNO3/c28-23-7-3-6-22(19-23)27-25-8-2-1-5-21(25)15-17-29(27)16-4-18-32-24-12-9-20(10-13-24)11-14-26(30)31/h1-3,5-10,12-13,19,27H,4,11,14-18H2,(H,30,31). The summed E-state index contributed by atoms with van der Waals surface area (Å²) in [6, 6.07) is 24.8. The fourth-order valence-electron chi connectivity index (χ4n) is 4.39. The van der Waals surface area contributed by atoms with Gasteiger partial charge in [0.1, 0.15) is 5.75 Å². The number of rotatable bonds is 9. The number of fused-ring (bicyclic) bond motifs is 1. The van der Waals surface area contributed by atoms with Crippen LogP contribution in [0.3, 0.4) is 0 Å². The van der Waals surface area contributed by atoms with Crippen LogP contribution in [0.2, 0.25) is 5.02 Å². The van der Waals surface area contributed by atoms with Gasteiger partial charge in [-0.05, 0) is 65.8 Å². The molecule has 0 saturated carbocycles. The molecule has 0 spiro atoms. The largest absolute Gasteiger partial charge is 0.494 e. The van der Waals surface area contributed by atoms with Crippen LogP contribution in [0.5, 0.6) is 5.75 Å². The summed E-state index contributed by atoms with van der Waals surface area (Å²) in [6.45, 7) is 2.57. The van der Waals surface area contributed by atoms with E-state index in [1.807, 2.05) is 36.4 Å². The number of halogens is 1. The van der Waals surface area contributed by atoms with E-state index in [4.69, 9.17) is 21.4 Å². The highest BCUT2D eigenvalue weighted by molar-refractivity contribution is 6.30. The smallest absolute Gasteiger partial charge is 0.303 e. The van der Waals surface area contributed by atoms with E-state index in [9.17, 15) is 4.79 Å². The van der Waals surface area contributed by atoms with Gasteiger partial charge in [-0.1, -0.05) is 60.1 Å². The van der Waals surface area contributed by atoms with Crippen molar-refractivity contribution in [3.8, 4) is 5.75 Å². The van der Waals surface area contributed by atoms with Crippen LogP contribution in [0, 0.1) is 0 Å². The predicted molar refractivity (Wildman–Crippen MR) is 128 cm³/mol. The third-order valence-electron chi connectivity index (χ3n) is 5.96. The van der Waals surface area contributed by atoms with E-state index in [0.717, 1.165) is 42.3 Å². The van der Waals surface area contributed by atoms with Gasteiger partial charge in [0.15, 0.2) is 0 Å². The molecule has 0 aromatic heterocycles. The summed E-state index contributed by atoms with van der Waals surface area (Å²) in [4.78, 5) is 13.2. The van der Waals surface area contributed by atoms with Gasteiger partial charge in [-0.25, -0.2) is 0 Å². The van der Waals surface area contributed by atoms with Gasteiger partial charge in [0, 0.05) is 24.5 Å². The minimum absolute atomic E-state index is 0.146. The Bertz CT molecular complexity index is 1050. The van der Waals surface area contributed by atoms with Gasteiger partial charge in [-0.15, -0.1) is 0 Å². The zero-order chi connectivity index (χ0) is 22.3. The predicted octanol–water partition coefficient (Wildman–Crippen LogP) is 5.77. The van der Waals surface area contributed by atoms with E-state index in [-0.39, 0.29) is 12.5 Å². The van der Waals surface area contributed by atoms with E-state index in [1.54, 1.807) is 0 Å². The number of aryl methyl sites for hydroxylation is 1. The van der Waals surface area contributed by atoms with Gasteiger partial charge in [-0.3, -0.25) is 9.69 Å². The van der Waals surface area contributed by atoms with E-state index in [1.165, 1.54) is 16.7 Å². The zero-order valence-electron chi connectivity index (χ0n) is 18.0. The number of carbonyl (C=O) groups is 1. The van der Waals surface area contributed by atoms with Gasteiger partial charge in [0.2, 0.25) is 0 Å². The third-order valence-corrected chi connectivity index (χ3v) is 6.19. The fraction of sp³-hybridized carbons (Fsp3) is 0.296. The van der Waals surface area contributed by atoms with Crippen LogP contribution in [0.4, 0.5) is 0 Å². The first-order valence-electron chi connectivity index (χ1n) is 11.1. The number of nitrogens with zero attached hydrogens (tertiary/aromatic N) is 1. The van der Waals surface area contributed by atoms with Crippen LogP contribution in [-0.4, -0.2) is 35.7 Å². The molecule has 3 aromatic rings. The number of ether oxygens (including phenoxy) is 1. The van der Waals surface area contributed by atoms with Crippen LogP contribution >= 0.6 is 11.6 Å². The molecule has 0 saturated heterocycles. The molecule has 1 atom stereocenters. The van der Waals surface area contributed by atoms with Gasteiger partial charge < -0.3 is 9.84 Å². The summed E-state index contributed by atoms with van der Waals surface area (Å²) < 4.78 is 5.94. The van der Waals surface area contributed by atoms with Crippen molar-refractivity contribution in [1.29, 1.82) is 0 Å². The van der Waals surface area contributed by atoms with E-state index < -0.39 is 5.97 Å². The second-order valence-electron chi connectivity index (χ2n) is 8.18. The van der Waals surface area contributed by atoms with Crippen molar-refractivity contribution in [2.24, 2.45) is 0 Å². The van der Waals surface area contributed by atoms with Crippen molar-refractivity contribution < 1.29 is 14.6 Å². The van der Waals surface area contributed by atoms with Crippen LogP contribution < -0.4 is 4.74 Å². The van der Waals surface area contributed by atoms with Crippen LogP contribution in [-0.2, 0) is 17.6 Å². The summed E-state index contributed by atoms with van der Waals surface area (Å²) in [7, 11) is 0. The lowest BCUT2D eigenvalue weighted by molar-refractivity contribution is -0.136. The summed E-state index contributed by atoms with van der Waals surface area (Å²) in [5.74, 6) is 0.0428. The lowest BCUT2D eigenvalue weighted by atomic mass is 9.88. The Morgan fingerprint density at radius 3 is 2.66 bits per heavy atom. The fourth-order valence-corrected chi connectivity index (χ4v) is 4.59. The summed E-state index contributed by atoms with van der Waals surface area (Å²) in [5.41, 5.74) is 5.01. The van der Waals surface area contributed by atoms with Crippen molar-refractivity contribution in [2.45, 2.75) is 31.7 Å². The molecule has 1 aliphatic rings. The molecule has 0 aliphatic carbocycles. The minimum atomic E-state index is -0.776. The maximum atomic E-state index is 10.7. The second-order valence-corrected chi connectivity index (χ2v) is 8.62. The molecule has 32 heavy (non-hydrogen) atoms. The first-order valence-corrected chi connectivity index (χ1v) is 11.5. The van der Waals surface area contributed by atoms with E-state index in [0.29, 0.717) is 13.0 Å². The average Bonchev–Trinajstić information content (AvgIpc) is 2.81. The zero-order valence-corrected chi connectivity index (χ0v) is 18.8. The summed E-state index contributed by atoms with van der Waals surface area (Å²) in [5, 5.41) is 9.57. The molecule has 1 heterocycles. The molecule has 1 N–H and O–H groups in total. The molecule has 166 valence electrons. The van der Waals surface area contributed by atoms with Gasteiger partial charge >= 0.3 is 5.97 Å². The minimum Gasteiger partial charge on any atom is -0.494 e. The Balaban J connectivity index is 1.36.